The van der Waals surface area contributed by atoms with Crippen molar-refractivity contribution in [1.82, 2.24) is 9.88 Å². The van der Waals surface area contributed by atoms with Crippen LogP contribution in [-0.4, -0.2) is 35.4 Å². The highest BCUT2D eigenvalue weighted by Crippen LogP contribution is 2.22. The number of rotatable bonds is 6. The van der Waals surface area contributed by atoms with Gasteiger partial charge in [0.2, 0.25) is 0 Å². The minimum atomic E-state index is -0.564. The maximum atomic E-state index is 12.1. The topological polar surface area (TPSA) is 59.5 Å². The second kappa shape index (κ2) is 8.40. The zero-order valence-corrected chi connectivity index (χ0v) is 15.1. The minimum Gasteiger partial charge on any atom is -0.452 e. The number of thiazole rings is 1. The predicted octanol–water partition coefficient (Wildman–Crippen LogP) is 3.51. The van der Waals surface area contributed by atoms with Gasteiger partial charge in [-0.15, -0.1) is 11.3 Å². The Hall–Kier alpha value is -2.99. The minimum absolute atomic E-state index is 0.254. The Morgan fingerprint density at radius 2 is 1.85 bits per heavy atom. The molecule has 5 nitrogen and oxygen atoms in total. The number of nitrogens with zero attached hydrogens (tertiary/aromatic N) is 2. The van der Waals surface area contributed by atoms with Crippen molar-refractivity contribution in [2.75, 3.05) is 13.7 Å². The van der Waals surface area contributed by atoms with E-state index in [9.17, 15) is 9.59 Å². The highest BCUT2D eigenvalue weighted by atomic mass is 32.1. The number of carbonyl (C=O) groups is 2. The number of hydrogen-bond donors (Lipinski definition) is 0. The molecule has 6 heteroatoms. The summed E-state index contributed by atoms with van der Waals surface area (Å²) in [7, 11) is 1.68. The van der Waals surface area contributed by atoms with Crippen molar-refractivity contribution in [2.45, 2.75) is 6.54 Å². The van der Waals surface area contributed by atoms with E-state index < -0.39 is 5.97 Å². The number of carbonyl (C=O) groups excluding carboxylic acids is 2. The number of amides is 1. The molecule has 1 aromatic heterocycles. The van der Waals surface area contributed by atoms with Gasteiger partial charge in [-0.25, -0.2) is 9.78 Å². The molecule has 0 radical (unpaired) electrons. The molecule has 0 spiro atoms. The molecule has 0 aliphatic heterocycles. The van der Waals surface area contributed by atoms with E-state index in [1.54, 1.807) is 13.1 Å². The molecule has 1 heterocycles. The molecule has 0 N–H and O–H groups in total. The van der Waals surface area contributed by atoms with Gasteiger partial charge in [0, 0.05) is 19.7 Å². The van der Waals surface area contributed by atoms with E-state index in [2.05, 4.69) is 4.98 Å². The lowest BCUT2D eigenvalue weighted by Crippen LogP contribution is -2.30. The fourth-order valence-corrected chi connectivity index (χ4v) is 3.21. The number of esters is 1. The Kier molecular flexibility index (Phi) is 5.76. The number of para-hydroxylation sites is 1. The van der Waals surface area contributed by atoms with E-state index in [1.165, 1.54) is 22.3 Å². The third-order valence-corrected chi connectivity index (χ3v) is 4.70. The first kappa shape index (κ1) is 17.8. The van der Waals surface area contributed by atoms with Crippen LogP contribution in [0.5, 0.6) is 0 Å². The average molecular weight is 366 g/mol. The van der Waals surface area contributed by atoms with Crippen LogP contribution in [0.2, 0.25) is 0 Å². The van der Waals surface area contributed by atoms with Crippen molar-refractivity contribution in [3.63, 3.8) is 0 Å². The van der Waals surface area contributed by atoms with Crippen molar-refractivity contribution in [1.29, 1.82) is 0 Å². The standard InChI is InChI=1S/C20H18N2O3S/c1-22(13-15-7-3-2-4-8-15)19(23)14-25-20(24)12-11-18-21-16-9-5-6-10-17(16)26-18/h2-12H,13-14H2,1H3/b12-11+. The summed E-state index contributed by atoms with van der Waals surface area (Å²) in [5.74, 6) is -0.818. The van der Waals surface area contributed by atoms with Crippen molar-refractivity contribution < 1.29 is 14.3 Å². The van der Waals surface area contributed by atoms with Gasteiger partial charge in [-0.2, -0.15) is 0 Å². The summed E-state index contributed by atoms with van der Waals surface area (Å²) in [5, 5.41) is 0.718. The van der Waals surface area contributed by atoms with Gasteiger partial charge in [0.1, 0.15) is 5.01 Å². The molecule has 0 unspecified atom stereocenters. The zero-order chi connectivity index (χ0) is 18.4. The summed E-state index contributed by atoms with van der Waals surface area (Å²) in [5.41, 5.74) is 1.91. The fraction of sp³-hybridized carbons (Fsp3) is 0.150. The molecule has 0 aliphatic rings. The lowest BCUT2D eigenvalue weighted by atomic mass is 10.2. The quantitative estimate of drug-likeness (QED) is 0.495. The van der Waals surface area contributed by atoms with Crippen LogP contribution < -0.4 is 0 Å². The molecule has 132 valence electrons. The molecule has 0 saturated carbocycles. The fourth-order valence-electron chi connectivity index (χ4n) is 2.34. The third kappa shape index (κ3) is 4.77. The number of likely N-dealkylation sites (N-methyl/N-ethyl adjacent to an activating group) is 1. The van der Waals surface area contributed by atoms with E-state index >= 15 is 0 Å². The summed E-state index contributed by atoms with van der Waals surface area (Å²) in [6.45, 7) is 0.186. The zero-order valence-electron chi connectivity index (χ0n) is 14.3. The highest BCUT2D eigenvalue weighted by molar-refractivity contribution is 7.19. The summed E-state index contributed by atoms with van der Waals surface area (Å²) >= 11 is 1.49. The van der Waals surface area contributed by atoms with Crippen LogP contribution in [-0.2, 0) is 20.9 Å². The van der Waals surface area contributed by atoms with Crippen LogP contribution in [0.25, 0.3) is 16.3 Å². The van der Waals surface area contributed by atoms with Crippen LogP contribution in [0.3, 0.4) is 0 Å². The van der Waals surface area contributed by atoms with Crippen LogP contribution >= 0.6 is 11.3 Å². The van der Waals surface area contributed by atoms with E-state index in [0.717, 1.165) is 20.8 Å². The summed E-state index contributed by atoms with van der Waals surface area (Å²) in [6.07, 6.45) is 2.90. The first-order valence-electron chi connectivity index (χ1n) is 8.10. The Labute approximate surface area is 155 Å². The molecule has 1 amide bonds. The van der Waals surface area contributed by atoms with Gasteiger partial charge in [-0.3, -0.25) is 4.79 Å². The monoisotopic (exact) mass is 366 g/mol. The molecule has 3 aromatic rings. The van der Waals surface area contributed by atoms with Crippen LogP contribution in [0.1, 0.15) is 10.6 Å². The summed E-state index contributed by atoms with van der Waals surface area (Å²) < 4.78 is 6.07. The van der Waals surface area contributed by atoms with Crippen molar-refractivity contribution >= 4 is 39.5 Å². The molecular weight excluding hydrogens is 348 g/mol. The molecule has 0 saturated heterocycles. The third-order valence-electron chi connectivity index (χ3n) is 3.70. The summed E-state index contributed by atoms with van der Waals surface area (Å²) in [6, 6.07) is 17.4. The Morgan fingerprint density at radius 1 is 1.12 bits per heavy atom. The molecule has 2 aromatic carbocycles. The van der Waals surface area contributed by atoms with Crippen LogP contribution in [0.15, 0.2) is 60.7 Å². The van der Waals surface area contributed by atoms with Gasteiger partial charge in [-0.1, -0.05) is 42.5 Å². The lowest BCUT2D eigenvalue weighted by molar-refractivity contribution is -0.147. The largest absolute Gasteiger partial charge is 0.452 e. The molecule has 0 aliphatic carbocycles. The molecule has 0 bridgehead atoms. The molecule has 0 atom stereocenters. The van der Waals surface area contributed by atoms with Crippen LogP contribution in [0.4, 0.5) is 0 Å². The van der Waals surface area contributed by atoms with E-state index in [0.29, 0.717) is 6.54 Å². The maximum absolute atomic E-state index is 12.1. The van der Waals surface area contributed by atoms with E-state index in [-0.39, 0.29) is 12.5 Å². The van der Waals surface area contributed by atoms with Gasteiger partial charge >= 0.3 is 5.97 Å². The number of aromatic nitrogens is 1. The lowest BCUT2D eigenvalue weighted by Gasteiger charge is -2.16. The van der Waals surface area contributed by atoms with E-state index in [1.807, 2.05) is 54.6 Å². The SMILES string of the molecule is CN(Cc1ccccc1)C(=O)COC(=O)/C=C/c1nc2ccccc2s1. The van der Waals surface area contributed by atoms with Gasteiger partial charge < -0.3 is 9.64 Å². The first-order valence-corrected chi connectivity index (χ1v) is 8.92. The van der Waals surface area contributed by atoms with Crippen molar-refractivity contribution in [3.05, 3.63) is 71.2 Å². The Bertz CT molecular complexity index is 901. The second-order valence-corrected chi connectivity index (χ2v) is 6.76. The van der Waals surface area contributed by atoms with Gasteiger partial charge in [0.25, 0.3) is 5.91 Å². The smallest absolute Gasteiger partial charge is 0.331 e. The summed E-state index contributed by atoms with van der Waals surface area (Å²) in [4.78, 5) is 29.8. The number of ether oxygens (including phenoxy) is 1. The second-order valence-electron chi connectivity index (χ2n) is 5.70. The Balaban J connectivity index is 1.49. The number of benzene rings is 2. The first-order chi connectivity index (χ1) is 12.6. The van der Waals surface area contributed by atoms with Crippen LogP contribution in [0, 0.1) is 0 Å². The average Bonchev–Trinajstić information content (AvgIpc) is 3.08. The van der Waals surface area contributed by atoms with Crippen molar-refractivity contribution in [3.8, 4) is 0 Å². The molecule has 26 heavy (non-hydrogen) atoms. The van der Waals surface area contributed by atoms with E-state index in [4.69, 9.17) is 4.74 Å². The van der Waals surface area contributed by atoms with Gasteiger partial charge in [-0.05, 0) is 23.8 Å². The maximum Gasteiger partial charge on any atom is 0.331 e. The molecular formula is C20H18N2O3S. The number of fused-ring (bicyclic) bond motifs is 1. The molecule has 0 fully saturated rings. The highest BCUT2D eigenvalue weighted by Gasteiger charge is 2.11. The van der Waals surface area contributed by atoms with Crippen molar-refractivity contribution in [2.24, 2.45) is 0 Å². The van der Waals surface area contributed by atoms with Gasteiger partial charge in [0.05, 0.1) is 10.2 Å². The predicted molar refractivity (Wildman–Crippen MR) is 103 cm³/mol. The molecule has 3 rings (SSSR count). The normalized spacial score (nSPS) is 11.0. The van der Waals surface area contributed by atoms with Gasteiger partial charge in [0.15, 0.2) is 6.61 Å². The Morgan fingerprint density at radius 3 is 2.62 bits per heavy atom. The number of hydrogen-bond acceptors (Lipinski definition) is 5.